The van der Waals surface area contributed by atoms with Gasteiger partial charge in [-0.2, -0.15) is 0 Å². The van der Waals surface area contributed by atoms with E-state index in [1.165, 1.54) is 56.9 Å². The molecule has 11 nitrogen and oxygen atoms in total. The lowest BCUT2D eigenvalue weighted by Gasteiger charge is -2.19. The highest BCUT2D eigenvalue weighted by molar-refractivity contribution is 7.92. The Balaban J connectivity index is 1.56. The van der Waals surface area contributed by atoms with E-state index in [1.54, 1.807) is 18.2 Å². The van der Waals surface area contributed by atoms with Crippen molar-refractivity contribution in [3.63, 3.8) is 0 Å². The number of nitrogens with one attached hydrogen (secondary N) is 2. The molecule has 3 aromatic rings. The van der Waals surface area contributed by atoms with Crippen LogP contribution in [0.5, 0.6) is 11.5 Å². The molecule has 0 saturated heterocycles. The molecule has 0 bridgehead atoms. The van der Waals surface area contributed by atoms with Crippen LogP contribution < -0.4 is 24.4 Å². The number of carbonyl (C=O) groups is 2. The molecule has 4 rings (SSSR count). The van der Waals surface area contributed by atoms with E-state index in [4.69, 9.17) is 21.1 Å². The third-order valence-corrected chi connectivity index (χ3v) is 6.57. The van der Waals surface area contributed by atoms with Crippen molar-refractivity contribution in [2.45, 2.75) is 4.90 Å². The van der Waals surface area contributed by atoms with Gasteiger partial charge in [0.2, 0.25) is 5.95 Å². The average Bonchev–Trinajstić information content (AvgIpc) is 3.07. The number of methoxy groups -OCH3 is 2. The van der Waals surface area contributed by atoms with Crippen molar-refractivity contribution in [2.24, 2.45) is 0 Å². The minimum absolute atomic E-state index is 0.0628. The fraction of sp³-hybridized carbons (Fsp3) is 0.0909. The maximum atomic E-state index is 13.1. The molecule has 2 amide bonds. The van der Waals surface area contributed by atoms with Crippen LogP contribution in [0, 0.1) is 0 Å². The Labute approximate surface area is 205 Å². The number of imide groups is 1. The van der Waals surface area contributed by atoms with Crippen LogP contribution in [0.1, 0.15) is 0 Å². The van der Waals surface area contributed by atoms with Gasteiger partial charge >= 0.3 is 0 Å². The number of carbonyl (C=O) groups excluding carboxylic acids is 2. The van der Waals surface area contributed by atoms with Gasteiger partial charge in [-0.15, -0.1) is 0 Å². The zero-order valence-corrected chi connectivity index (χ0v) is 19.9. The van der Waals surface area contributed by atoms with Gasteiger partial charge in [0, 0.05) is 24.1 Å². The Morgan fingerprint density at radius 2 is 1.63 bits per heavy atom. The first kappa shape index (κ1) is 24.0. The van der Waals surface area contributed by atoms with Crippen molar-refractivity contribution in [3.05, 3.63) is 71.7 Å². The molecular formula is C22H18ClN5O6S. The molecule has 35 heavy (non-hydrogen) atoms. The van der Waals surface area contributed by atoms with Gasteiger partial charge < -0.3 is 14.8 Å². The summed E-state index contributed by atoms with van der Waals surface area (Å²) in [5.74, 6) is -0.870. The van der Waals surface area contributed by atoms with Crippen LogP contribution in [-0.2, 0) is 19.6 Å². The van der Waals surface area contributed by atoms with Gasteiger partial charge in [0.15, 0.2) is 0 Å². The first-order chi connectivity index (χ1) is 16.7. The number of halogens is 1. The molecule has 1 aromatic heterocycles. The van der Waals surface area contributed by atoms with E-state index in [0.29, 0.717) is 11.4 Å². The first-order valence-electron chi connectivity index (χ1n) is 9.92. The maximum Gasteiger partial charge on any atom is 0.283 e. The number of rotatable bonds is 8. The SMILES string of the molecule is COc1ccc(OC)c(N2C(=O)C(Cl)=C(Nc3ccc(S(=O)(=O)Nc4ncccn4)cc3)C2=O)c1. The number of sulfonamides is 1. The summed E-state index contributed by atoms with van der Waals surface area (Å²) in [4.78, 5) is 34.4. The number of aromatic nitrogens is 2. The smallest absolute Gasteiger partial charge is 0.283 e. The molecule has 0 aliphatic carbocycles. The van der Waals surface area contributed by atoms with E-state index in [0.717, 1.165) is 4.90 Å². The van der Waals surface area contributed by atoms with Crippen LogP contribution in [0.2, 0.25) is 0 Å². The number of benzene rings is 2. The predicted molar refractivity (Wildman–Crippen MR) is 128 cm³/mol. The summed E-state index contributed by atoms with van der Waals surface area (Å²) in [6, 6.07) is 11.7. The molecule has 0 radical (unpaired) electrons. The third kappa shape index (κ3) is 4.74. The second-order valence-electron chi connectivity index (χ2n) is 7.00. The van der Waals surface area contributed by atoms with Crippen molar-refractivity contribution < 1.29 is 27.5 Å². The van der Waals surface area contributed by atoms with Crippen LogP contribution >= 0.6 is 11.6 Å². The lowest BCUT2D eigenvalue weighted by atomic mass is 10.2. The van der Waals surface area contributed by atoms with E-state index < -0.39 is 21.8 Å². The van der Waals surface area contributed by atoms with Gasteiger partial charge in [-0.1, -0.05) is 11.6 Å². The third-order valence-electron chi connectivity index (χ3n) is 4.88. The quantitative estimate of drug-likeness (QED) is 0.433. The highest BCUT2D eigenvalue weighted by Gasteiger charge is 2.40. The summed E-state index contributed by atoms with van der Waals surface area (Å²) in [7, 11) is -1.09. The number of ether oxygens (including phenoxy) is 2. The zero-order valence-electron chi connectivity index (χ0n) is 18.4. The Morgan fingerprint density at radius 1 is 0.943 bits per heavy atom. The van der Waals surface area contributed by atoms with E-state index in [1.807, 2.05) is 0 Å². The van der Waals surface area contributed by atoms with E-state index in [-0.39, 0.29) is 33.0 Å². The largest absolute Gasteiger partial charge is 0.497 e. The summed E-state index contributed by atoms with van der Waals surface area (Å²) in [5.41, 5.74) is 0.314. The Bertz CT molecular complexity index is 1430. The van der Waals surface area contributed by atoms with Crippen molar-refractivity contribution in [3.8, 4) is 11.5 Å². The minimum Gasteiger partial charge on any atom is -0.497 e. The molecule has 0 fully saturated rings. The zero-order chi connectivity index (χ0) is 25.2. The fourth-order valence-corrected chi connectivity index (χ4v) is 4.36. The van der Waals surface area contributed by atoms with Gasteiger partial charge in [0.05, 0.1) is 24.8 Å². The van der Waals surface area contributed by atoms with Crippen LogP contribution in [0.3, 0.4) is 0 Å². The number of anilines is 3. The fourth-order valence-electron chi connectivity index (χ4n) is 3.19. The molecule has 180 valence electrons. The lowest BCUT2D eigenvalue weighted by molar-refractivity contribution is -0.120. The monoisotopic (exact) mass is 515 g/mol. The van der Waals surface area contributed by atoms with Gasteiger partial charge in [-0.25, -0.2) is 28.0 Å². The van der Waals surface area contributed by atoms with Crippen molar-refractivity contribution in [1.29, 1.82) is 0 Å². The van der Waals surface area contributed by atoms with Gasteiger partial charge in [0.25, 0.3) is 21.8 Å². The lowest BCUT2D eigenvalue weighted by Crippen LogP contribution is -2.32. The topological polar surface area (TPSA) is 140 Å². The van der Waals surface area contributed by atoms with E-state index in [2.05, 4.69) is 20.0 Å². The Morgan fingerprint density at radius 3 is 2.26 bits per heavy atom. The van der Waals surface area contributed by atoms with Gasteiger partial charge in [0.1, 0.15) is 22.2 Å². The van der Waals surface area contributed by atoms with Gasteiger partial charge in [-0.3, -0.25) is 9.59 Å². The molecule has 0 spiro atoms. The highest BCUT2D eigenvalue weighted by atomic mass is 35.5. The van der Waals surface area contributed by atoms with E-state index in [9.17, 15) is 18.0 Å². The summed E-state index contributed by atoms with van der Waals surface area (Å²) in [5, 5.41) is 2.45. The molecular weight excluding hydrogens is 498 g/mol. The van der Waals surface area contributed by atoms with Crippen LogP contribution in [0.25, 0.3) is 0 Å². The molecule has 2 aromatic carbocycles. The minimum atomic E-state index is -3.94. The molecule has 2 N–H and O–H groups in total. The van der Waals surface area contributed by atoms with Crippen LogP contribution in [-0.4, -0.2) is 44.4 Å². The van der Waals surface area contributed by atoms with Crippen LogP contribution in [0.15, 0.2) is 76.5 Å². The maximum absolute atomic E-state index is 13.1. The molecule has 2 heterocycles. The van der Waals surface area contributed by atoms with Crippen molar-refractivity contribution >= 4 is 50.8 Å². The Kier molecular flexibility index (Phi) is 6.58. The molecule has 0 atom stereocenters. The molecule has 1 aliphatic heterocycles. The normalized spacial score (nSPS) is 13.7. The summed E-state index contributed by atoms with van der Waals surface area (Å²) in [6.07, 6.45) is 2.80. The molecule has 0 saturated carbocycles. The molecule has 1 aliphatic rings. The highest BCUT2D eigenvalue weighted by Crippen LogP contribution is 2.38. The second-order valence-corrected chi connectivity index (χ2v) is 9.06. The summed E-state index contributed by atoms with van der Waals surface area (Å²) < 4.78 is 37.8. The van der Waals surface area contributed by atoms with E-state index >= 15 is 0 Å². The summed E-state index contributed by atoms with van der Waals surface area (Å²) in [6.45, 7) is 0. The first-order valence-corrected chi connectivity index (χ1v) is 11.8. The number of hydrogen-bond donors (Lipinski definition) is 2. The average molecular weight is 516 g/mol. The summed E-state index contributed by atoms with van der Waals surface area (Å²) >= 11 is 6.19. The second kappa shape index (κ2) is 9.60. The van der Waals surface area contributed by atoms with Crippen LogP contribution in [0.4, 0.5) is 17.3 Å². The van der Waals surface area contributed by atoms with Crippen molar-refractivity contribution in [2.75, 3.05) is 29.2 Å². The van der Waals surface area contributed by atoms with Gasteiger partial charge in [-0.05, 0) is 42.5 Å². The standard InChI is InChI=1S/C22H18ClN5O6S/c1-33-14-6-9-17(34-2)16(12-14)28-20(29)18(23)19(21(28)30)26-13-4-7-15(8-5-13)35(31,32)27-22-24-10-3-11-25-22/h3-12,26H,1-2H3,(H,24,25,27). The predicted octanol–water partition coefficient (Wildman–Crippen LogP) is 2.73. The van der Waals surface area contributed by atoms with Crippen molar-refractivity contribution in [1.82, 2.24) is 9.97 Å². The number of hydrogen-bond acceptors (Lipinski definition) is 9. The molecule has 13 heteroatoms. The molecule has 0 unspecified atom stereocenters. The Hall–Kier alpha value is -4.16. The number of amides is 2. The number of nitrogens with zero attached hydrogens (tertiary/aromatic N) is 3.